The Morgan fingerprint density at radius 1 is 1.44 bits per heavy atom. The summed E-state index contributed by atoms with van der Waals surface area (Å²) in [6.45, 7) is 2.06. The van der Waals surface area contributed by atoms with Crippen molar-refractivity contribution < 1.29 is 4.39 Å². The number of rotatable bonds is 3. The van der Waals surface area contributed by atoms with Crippen molar-refractivity contribution in [1.29, 1.82) is 0 Å². The Morgan fingerprint density at radius 2 is 2.33 bits per heavy atom. The predicted molar refractivity (Wildman–Crippen MR) is 70.4 cm³/mol. The maximum Gasteiger partial charge on any atom is 0.206 e. The zero-order chi connectivity index (χ0) is 12.5. The van der Waals surface area contributed by atoms with Crippen LogP contribution in [0.2, 0.25) is 0 Å². The molecule has 0 aliphatic heterocycles. The molecule has 0 saturated carbocycles. The van der Waals surface area contributed by atoms with Crippen molar-refractivity contribution in [2.75, 3.05) is 5.32 Å². The molecule has 0 radical (unpaired) electrons. The highest BCUT2D eigenvalue weighted by Crippen LogP contribution is 2.35. The van der Waals surface area contributed by atoms with E-state index in [1.165, 1.54) is 6.07 Å². The van der Waals surface area contributed by atoms with Gasteiger partial charge in [-0.25, -0.2) is 4.39 Å². The summed E-state index contributed by atoms with van der Waals surface area (Å²) in [5.74, 6) is -0.0942. The van der Waals surface area contributed by atoms with Crippen LogP contribution in [0.3, 0.4) is 0 Å². The van der Waals surface area contributed by atoms with E-state index in [9.17, 15) is 4.39 Å². The average Bonchev–Trinajstić information content (AvgIpc) is 2.98. The van der Waals surface area contributed by atoms with E-state index in [0.717, 1.165) is 40.5 Å². The van der Waals surface area contributed by atoms with Gasteiger partial charge in [0.15, 0.2) is 0 Å². The Balaban J connectivity index is 1.82. The van der Waals surface area contributed by atoms with Gasteiger partial charge in [0, 0.05) is 0 Å². The molecule has 0 spiro atoms. The van der Waals surface area contributed by atoms with Gasteiger partial charge in [-0.05, 0) is 36.5 Å². The largest absolute Gasteiger partial charge is 0.353 e. The first kappa shape index (κ1) is 11.6. The quantitative estimate of drug-likeness (QED) is 0.923. The molecule has 3 rings (SSSR count). The molecule has 1 heterocycles. The number of aryl methyl sites for hydroxylation is 1. The summed E-state index contributed by atoms with van der Waals surface area (Å²) >= 11 is 1.57. The number of fused-ring (bicyclic) bond motifs is 1. The Kier molecular flexibility index (Phi) is 2.99. The van der Waals surface area contributed by atoms with E-state index in [1.54, 1.807) is 17.4 Å². The SMILES string of the molecule is CCc1nnc(NC2CCc3c(F)cccc32)s1. The topological polar surface area (TPSA) is 37.8 Å². The molecule has 1 atom stereocenters. The minimum Gasteiger partial charge on any atom is -0.353 e. The highest BCUT2D eigenvalue weighted by molar-refractivity contribution is 7.15. The minimum atomic E-state index is -0.0942. The summed E-state index contributed by atoms with van der Waals surface area (Å²) < 4.78 is 13.6. The molecule has 0 amide bonds. The first-order chi connectivity index (χ1) is 8.78. The molecule has 5 heteroatoms. The number of benzene rings is 1. The first-order valence-corrected chi connectivity index (χ1v) is 6.95. The third-order valence-electron chi connectivity index (χ3n) is 3.28. The lowest BCUT2D eigenvalue weighted by molar-refractivity contribution is 0.612. The van der Waals surface area contributed by atoms with Crippen LogP contribution in [0, 0.1) is 5.82 Å². The van der Waals surface area contributed by atoms with Crippen molar-refractivity contribution in [3.05, 3.63) is 40.2 Å². The van der Waals surface area contributed by atoms with Crippen molar-refractivity contribution in [3.63, 3.8) is 0 Å². The van der Waals surface area contributed by atoms with E-state index >= 15 is 0 Å². The minimum absolute atomic E-state index is 0.0942. The molecule has 0 saturated heterocycles. The highest BCUT2D eigenvalue weighted by Gasteiger charge is 2.25. The Bertz CT molecular complexity index is 567. The Hall–Kier alpha value is -1.49. The molecule has 1 aromatic carbocycles. The van der Waals surface area contributed by atoms with E-state index in [-0.39, 0.29) is 11.9 Å². The molecule has 1 unspecified atom stereocenters. The van der Waals surface area contributed by atoms with Crippen LogP contribution in [0.4, 0.5) is 9.52 Å². The summed E-state index contributed by atoms with van der Waals surface area (Å²) in [5.41, 5.74) is 1.90. The van der Waals surface area contributed by atoms with Gasteiger partial charge < -0.3 is 5.32 Å². The van der Waals surface area contributed by atoms with Crippen LogP contribution in [-0.2, 0) is 12.8 Å². The molecular weight excluding hydrogens is 249 g/mol. The van der Waals surface area contributed by atoms with Crippen LogP contribution in [0.15, 0.2) is 18.2 Å². The molecule has 0 fully saturated rings. The highest BCUT2D eigenvalue weighted by atomic mass is 32.1. The third kappa shape index (κ3) is 1.99. The van der Waals surface area contributed by atoms with E-state index in [2.05, 4.69) is 22.4 Å². The van der Waals surface area contributed by atoms with Crippen LogP contribution in [-0.4, -0.2) is 10.2 Å². The van der Waals surface area contributed by atoms with Gasteiger partial charge >= 0.3 is 0 Å². The van der Waals surface area contributed by atoms with Crippen LogP contribution in [0.25, 0.3) is 0 Å². The summed E-state index contributed by atoms with van der Waals surface area (Å²) in [7, 11) is 0. The molecule has 1 aliphatic rings. The number of hydrogen-bond acceptors (Lipinski definition) is 4. The number of hydrogen-bond donors (Lipinski definition) is 1. The van der Waals surface area contributed by atoms with Crippen molar-refractivity contribution in [2.24, 2.45) is 0 Å². The fraction of sp³-hybridized carbons (Fsp3) is 0.385. The van der Waals surface area contributed by atoms with Gasteiger partial charge in [-0.3, -0.25) is 0 Å². The molecule has 1 aliphatic carbocycles. The Morgan fingerprint density at radius 3 is 3.11 bits per heavy atom. The second-order valence-corrected chi connectivity index (χ2v) is 5.46. The van der Waals surface area contributed by atoms with Gasteiger partial charge in [0.25, 0.3) is 0 Å². The first-order valence-electron chi connectivity index (χ1n) is 6.14. The van der Waals surface area contributed by atoms with Crippen LogP contribution in [0.5, 0.6) is 0 Å². The molecule has 18 heavy (non-hydrogen) atoms. The second kappa shape index (κ2) is 4.65. The number of nitrogens with one attached hydrogen (secondary N) is 1. The van der Waals surface area contributed by atoms with Gasteiger partial charge in [-0.1, -0.05) is 30.4 Å². The van der Waals surface area contributed by atoms with Gasteiger partial charge in [-0.2, -0.15) is 0 Å². The van der Waals surface area contributed by atoms with Crippen LogP contribution >= 0.6 is 11.3 Å². The van der Waals surface area contributed by atoms with E-state index < -0.39 is 0 Å². The normalized spacial score (nSPS) is 17.8. The zero-order valence-electron chi connectivity index (χ0n) is 10.1. The molecular formula is C13H14FN3S. The molecule has 0 bridgehead atoms. The monoisotopic (exact) mass is 263 g/mol. The number of aromatic nitrogens is 2. The predicted octanol–water partition coefficient (Wildman–Crippen LogP) is 3.34. The van der Waals surface area contributed by atoms with Crippen LogP contribution in [0.1, 0.15) is 35.5 Å². The molecule has 2 aromatic rings. The fourth-order valence-corrected chi connectivity index (χ4v) is 3.10. The maximum atomic E-state index is 13.6. The second-order valence-electron chi connectivity index (χ2n) is 4.40. The Labute approximate surface area is 109 Å². The molecule has 1 aromatic heterocycles. The van der Waals surface area contributed by atoms with Crippen molar-refractivity contribution in [1.82, 2.24) is 10.2 Å². The smallest absolute Gasteiger partial charge is 0.206 e. The third-order valence-corrected chi connectivity index (χ3v) is 4.28. The molecule has 3 nitrogen and oxygen atoms in total. The zero-order valence-corrected chi connectivity index (χ0v) is 10.9. The van der Waals surface area contributed by atoms with Crippen molar-refractivity contribution >= 4 is 16.5 Å². The van der Waals surface area contributed by atoms with E-state index in [4.69, 9.17) is 0 Å². The lowest BCUT2D eigenvalue weighted by atomic mass is 10.1. The summed E-state index contributed by atoms with van der Waals surface area (Å²) in [4.78, 5) is 0. The lowest BCUT2D eigenvalue weighted by Crippen LogP contribution is -2.06. The number of anilines is 1. The summed E-state index contributed by atoms with van der Waals surface area (Å²) in [5, 5.41) is 13.4. The lowest BCUT2D eigenvalue weighted by Gasteiger charge is -2.12. The molecule has 94 valence electrons. The molecule has 1 N–H and O–H groups in total. The van der Waals surface area contributed by atoms with E-state index in [1.807, 2.05) is 6.07 Å². The van der Waals surface area contributed by atoms with Gasteiger partial charge in [0.05, 0.1) is 6.04 Å². The van der Waals surface area contributed by atoms with E-state index in [0.29, 0.717) is 0 Å². The fourth-order valence-electron chi connectivity index (χ4n) is 2.36. The van der Waals surface area contributed by atoms with Crippen molar-refractivity contribution in [2.45, 2.75) is 32.2 Å². The van der Waals surface area contributed by atoms with Crippen LogP contribution < -0.4 is 5.32 Å². The van der Waals surface area contributed by atoms with Gasteiger partial charge in [-0.15, -0.1) is 10.2 Å². The summed E-state index contributed by atoms with van der Waals surface area (Å²) in [6.07, 6.45) is 2.60. The number of halogens is 1. The average molecular weight is 263 g/mol. The standard InChI is InChI=1S/C13H14FN3S/c1-2-12-16-17-13(18-12)15-11-7-6-8-9(11)4-3-5-10(8)14/h3-5,11H,2,6-7H2,1H3,(H,15,17). The number of nitrogens with zero attached hydrogens (tertiary/aromatic N) is 2. The van der Waals surface area contributed by atoms with Crippen molar-refractivity contribution in [3.8, 4) is 0 Å². The summed E-state index contributed by atoms with van der Waals surface area (Å²) in [6, 6.07) is 5.45. The van der Waals surface area contributed by atoms with Gasteiger partial charge in [0.2, 0.25) is 5.13 Å². The van der Waals surface area contributed by atoms with Gasteiger partial charge in [0.1, 0.15) is 10.8 Å². The maximum absolute atomic E-state index is 13.6.